The molecule has 0 amide bonds. The number of aromatic amines is 1. The van der Waals surface area contributed by atoms with E-state index in [9.17, 15) is 9.18 Å². The van der Waals surface area contributed by atoms with Crippen molar-refractivity contribution in [2.75, 3.05) is 13.1 Å². The highest BCUT2D eigenvalue weighted by molar-refractivity contribution is 5.76. The summed E-state index contributed by atoms with van der Waals surface area (Å²) in [5.41, 5.74) is 12.4. The Hall–Kier alpha value is -3.20. The fraction of sp³-hybridized carbons (Fsp3) is 0.350. The van der Waals surface area contributed by atoms with Gasteiger partial charge in [0, 0.05) is 35.9 Å². The minimum Gasteiger partial charge on any atom is -0.370 e. The van der Waals surface area contributed by atoms with Crippen LogP contribution in [0.1, 0.15) is 31.5 Å². The largest absolute Gasteiger partial charge is 0.370 e. The van der Waals surface area contributed by atoms with E-state index >= 15 is 0 Å². The third kappa shape index (κ3) is 5.89. The minimum atomic E-state index is -0.464. The molecule has 8 nitrogen and oxygen atoms in total. The molecular formula is C20H28FN7O. The summed E-state index contributed by atoms with van der Waals surface area (Å²) in [4.78, 5) is 23.1. The van der Waals surface area contributed by atoms with Crippen LogP contribution in [0.25, 0.3) is 16.7 Å². The summed E-state index contributed by atoms with van der Waals surface area (Å²) >= 11 is 0. The van der Waals surface area contributed by atoms with Crippen molar-refractivity contribution in [1.29, 1.82) is 0 Å². The summed E-state index contributed by atoms with van der Waals surface area (Å²) in [5.74, 6) is -0.323. The molecule has 9 heteroatoms. The monoisotopic (exact) mass is 401 g/mol. The predicted molar refractivity (Wildman–Crippen MR) is 115 cm³/mol. The minimum absolute atomic E-state index is 0.0642. The molecule has 2 heterocycles. The van der Waals surface area contributed by atoms with E-state index in [0.717, 1.165) is 17.5 Å². The van der Waals surface area contributed by atoms with Gasteiger partial charge in [0.05, 0.1) is 5.69 Å². The number of hydrogen-bond donors (Lipinski definition) is 4. The van der Waals surface area contributed by atoms with Gasteiger partial charge >= 0.3 is 5.69 Å². The maximum absolute atomic E-state index is 14.4. The van der Waals surface area contributed by atoms with Crippen LogP contribution in [0.5, 0.6) is 0 Å². The molecule has 0 atom stereocenters. The molecule has 0 spiro atoms. The van der Waals surface area contributed by atoms with Crippen LogP contribution >= 0.6 is 0 Å². The van der Waals surface area contributed by atoms with Crippen LogP contribution in [-0.2, 0) is 6.54 Å². The number of nitrogens with one attached hydrogen (secondary N) is 2. The van der Waals surface area contributed by atoms with Crippen LogP contribution in [0.4, 0.5) is 4.39 Å². The van der Waals surface area contributed by atoms with Crippen molar-refractivity contribution in [2.24, 2.45) is 16.5 Å². The molecule has 0 saturated heterocycles. The third-order valence-corrected chi connectivity index (χ3v) is 4.08. The van der Waals surface area contributed by atoms with Crippen LogP contribution in [0.15, 0.2) is 40.2 Å². The van der Waals surface area contributed by atoms with Crippen molar-refractivity contribution in [3.05, 3.63) is 58.0 Å². The van der Waals surface area contributed by atoms with Crippen LogP contribution < -0.4 is 22.5 Å². The van der Waals surface area contributed by atoms with Gasteiger partial charge in [-0.1, -0.05) is 19.9 Å². The Balaban J connectivity index is 0.00000145. The van der Waals surface area contributed by atoms with Crippen molar-refractivity contribution < 1.29 is 4.39 Å². The number of aliphatic imine (C=N–C) groups is 1. The molecule has 6 N–H and O–H groups in total. The number of rotatable bonds is 7. The Morgan fingerprint density at radius 2 is 2.07 bits per heavy atom. The van der Waals surface area contributed by atoms with Gasteiger partial charge in [-0.2, -0.15) is 4.98 Å². The number of fused-ring (bicyclic) bond motifs is 1. The maximum atomic E-state index is 14.4. The molecule has 0 bridgehead atoms. The maximum Gasteiger partial charge on any atom is 0.354 e. The predicted octanol–water partition coefficient (Wildman–Crippen LogP) is 1.94. The van der Waals surface area contributed by atoms with Crippen molar-refractivity contribution in [3.63, 3.8) is 0 Å². The number of guanidine groups is 1. The lowest BCUT2D eigenvalue weighted by Gasteiger charge is -2.09. The van der Waals surface area contributed by atoms with Crippen LogP contribution in [0, 0.1) is 12.7 Å². The highest BCUT2D eigenvalue weighted by atomic mass is 19.1. The molecule has 0 aliphatic heterocycles. The first-order valence-corrected chi connectivity index (χ1v) is 9.58. The molecular weight excluding hydrogens is 373 g/mol. The summed E-state index contributed by atoms with van der Waals surface area (Å²) in [6.45, 7) is 7.44. The molecule has 2 aromatic heterocycles. The van der Waals surface area contributed by atoms with Gasteiger partial charge in [0.15, 0.2) is 5.96 Å². The molecule has 0 fully saturated rings. The van der Waals surface area contributed by atoms with E-state index < -0.39 is 5.69 Å². The molecule has 0 unspecified atom stereocenters. The number of H-pyrrole nitrogens is 1. The van der Waals surface area contributed by atoms with Gasteiger partial charge in [0.2, 0.25) is 0 Å². The zero-order chi connectivity index (χ0) is 21.4. The number of benzene rings is 1. The van der Waals surface area contributed by atoms with Crippen molar-refractivity contribution in [3.8, 4) is 5.69 Å². The zero-order valence-electron chi connectivity index (χ0n) is 17.0. The van der Waals surface area contributed by atoms with Crippen LogP contribution in [0.3, 0.4) is 0 Å². The Morgan fingerprint density at radius 3 is 2.76 bits per heavy atom. The summed E-state index contributed by atoms with van der Waals surface area (Å²) in [5, 5.41) is 3.93. The van der Waals surface area contributed by atoms with Crippen molar-refractivity contribution in [1.82, 2.24) is 19.9 Å². The fourth-order valence-corrected chi connectivity index (χ4v) is 2.78. The summed E-state index contributed by atoms with van der Waals surface area (Å²) in [7, 11) is 0. The lowest BCUT2D eigenvalue weighted by molar-refractivity contribution is 0.582. The van der Waals surface area contributed by atoms with E-state index in [4.69, 9.17) is 11.5 Å². The quantitative estimate of drug-likeness (QED) is 0.273. The molecule has 1 aromatic carbocycles. The molecule has 0 aliphatic carbocycles. The van der Waals surface area contributed by atoms with E-state index in [0.29, 0.717) is 36.5 Å². The van der Waals surface area contributed by atoms with Gasteiger partial charge in [-0.05, 0) is 38.1 Å². The van der Waals surface area contributed by atoms with Gasteiger partial charge in [0.25, 0.3) is 0 Å². The zero-order valence-corrected chi connectivity index (χ0v) is 17.0. The summed E-state index contributed by atoms with van der Waals surface area (Å²) in [6, 6.07) is 6.58. The molecule has 0 saturated carbocycles. The Kier molecular flexibility index (Phi) is 7.90. The summed E-state index contributed by atoms with van der Waals surface area (Å²) in [6.07, 6.45) is 2.40. The Bertz CT molecular complexity index is 1030. The van der Waals surface area contributed by atoms with Crippen LogP contribution in [-0.4, -0.2) is 33.6 Å². The Labute approximate surface area is 168 Å². The number of nitrogens with zero attached hydrogens (tertiary/aromatic N) is 3. The highest BCUT2D eigenvalue weighted by Crippen LogP contribution is 2.16. The number of aryl methyl sites for hydroxylation is 1. The standard InChI is InChI=1S/C18H22FN7O.C2H6/c1-11-7-13-10-26(18(27)25-16(13)24-11)14-4-3-12(15(19)8-14)9-22-5-2-6-23-17(20)21;1-2/h3-4,7-8,10,22H,2,5-6,9H2,1H3,(H4,20,21,23)(H,24,25,27);1-2H3. The number of halogens is 1. The number of nitrogens with two attached hydrogens (primary N) is 2. The molecule has 0 aliphatic rings. The molecule has 156 valence electrons. The van der Waals surface area contributed by atoms with Gasteiger partial charge in [-0.15, -0.1) is 0 Å². The second-order valence-corrected chi connectivity index (χ2v) is 6.26. The lowest BCUT2D eigenvalue weighted by Crippen LogP contribution is -2.23. The molecule has 3 rings (SSSR count). The van der Waals surface area contributed by atoms with Gasteiger partial charge in [0.1, 0.15) is 11.5 Å². The van der Waals surface area contributed by atoms with Crippen molar-refractivity contribution >= 4 is 17.0 Å². The Morgan fingerprint density at radius 1 is 1.31 bits per heavy atom. The first kappa shape index (κ1) is 22.1. The number of aromatic nitrogens is 3. The van der Waals surface area contributed by atoms with E-state index in [-0.39, 0.29) is 11.8 Å². The highest BCUT2D eigenvalue weighted by Gasteiger charge is 2.09. The van der Waals surface area contributed by atoms with E-state index in [1.807, 2.05) is 26.8 Å². The lowest BCUT2D eigenvalue weighted by atomic mass is 10.2. The average molecular weight is 401 g/mol. The molecule has 29 heavy (non-hydrogen) atoms. The van der Waals surface area contributed by atoms with Crippen LogP contribution in [0.2, 0.25) is 0 Å². The normalized spacial score (nSPS) is 10.5. The van der Waals surface area contributed by atoms with E-state index in [2.05, 4.69) is 20.3 Å². The second kappa shape index (κ2) is 10.4. The first-order chi connectivity index (χ1) is 13.9. The molecule has 3 aromatic rings. The van der Waals surface area contributed by atoms with Gasteiger partial charge < -0.3 is 21.8 Å². The summed E-state index contributed by atoms with van der Waals surface area (Å²) < 4.78 is 15.8. The third-order valence-electron chi connectivity index (χ3n) is 4.08. The molecule has 0 radical (unpaired) electrons. The van der Waals surface area contributed by atoms with E-state index in [1.54, 1.807) is 18.3 Å². The smallest absolute Gasteiger partial charge is 0.354 e. The first-order valence-electron chi connectivity index (χ1n) is 9.58. The van der Waals surface area contributed by atoms with Gasteiger partial charge in [-0.25, -0.2) is 9.18 Å². The second-order valence-electron chi connectivity index (χ2n) is 6.26. The van der Waals surface area contributed by atoms with Crippen molar-refractivity contribution in [2.45, 2.75) is 33.7 Å². The topological polar surface area (TPSA) is 127 Å². The SMILES string of the molecule is CC.Cc1cc2cn(-c3ccc(CNCCCN=C(N)N)c(F)c3)c(=O)nc2[nH]1. The number of hydrogen-bond acceptors (Lipinski definition) is 4. The fourth-order valence-electron chi connectivity index (χ4n) is 2.78. The van der Waals surface area contributed by atoms with Gasteiger partial charge in [-0.3, -0.25) is 9.56 Å². The average Bonchev–Trinajstić information content (AvgIpc) is 3.05. The van der Waals surface area contributed by atoms with E-state index in [1.165, 1.54) is 10.6 Å².